The highest BCUT2D eigenvalue weighted by Gasteiger charge is 2.44. The molecule has 0 aromatic rings. The monoisotopic (exact) mass is 279 g/mol. The van der Waals surface area contributed by atoms with Gasteiger partial charge in [0.25, 0.3) is 0 Å². The highest BCUT2D eigenvalue weighted by atomic mass is 28.3. The van der Waals surface area contributed by atoms with Crippen LogP contribution in [0.15, 0.2) is 17.8 Å². The first kappa shape index (κ1) is 15.3. The van der Waals surface area contributed by atoms with Crippen LogP contribution in [-0.4, -0.2) is 26.1 Å². The van der Waals surface area contributed by atoms with Crippen molar-refractivity contribution >= 4 is 13.8 Å². The number of nitrogens with zero attached hydrogens (tertiary/aromatic N) is 1. The van der Waals surface area contributed by atoms with Crippen LogP contribution in [0.25, 0.3) is 0 Å². The molecule has 0 N–H and O–H groups in total. The van der Waals surface area contributed by atoms with E-state index in [1.807, 2.05) is 0 Å². The molecule has 104 valence electrons. The lowest BCUT2D eigenvalue weighted by Gasteiger charge is -2.31. The molecule has 1 aliphatic rings. The molecule has 2 nitrogen and oxygen atoms in total. The molecule has 0 aromatic heterocycles. The van der Waals surface area contributed by atoms with Gasteiger partial charge in [-0.05, 0) is 18.9 Å². The molecule has 0 radical (unpaired) electrons. The van der Waals surface area contributed by atoms with E-state index in [0.717, 1.165) is 6.04 Å². The minimum atomic E-state index is -4.40. The SMILES string of the molecule is C=CC[C@H]1C[C@@H](C[Si](C)(C)C)ON=C1C(F)(F)F. The van der Waals surface area contributed by atoms with E-state index in [-0.39, 0.29) is 6.10 Å². The summed E-state index contributed by atoms with van der Waals surface area (Å²) in [5.41, 5.74) is -0.797. The van der Waals surface area contributed by atoms with Crippen molar-refractivity contribution in [1.29, 1.82) is 0 Å². The van der Waals surface area contributed by atoms with Crippen LogP contribution < -0.4 is 0 Å². The molecule has 0 saturated heterocycles. The van der Waals surface area contributed by atoms with Crippen LogP contribution in [0, 0.1) is 5.92 Å². The molecule has 2 atom stereocenters. The Balaban J connectivity index is 2.81. The van der Waals surface area contributed by atoms with E-state index < -0.39 is 25.9 Å². The van der Waals surface area contributed by atoms with Crippen molar-refractivity contribution in [3.8, 4) is 0 Å². The third-order valence-electron chi connectivity index (χ3n) is 2.82. The Labute approximate surface area is 107 Å². The summed E-state index contributed by atoms with van der Waals surface area (Å²) >= 11 is 0. The molecule has 1 rings (SSSR count). The Morgan fingerprint density at radius 1 is 1.44 bits per heavy atom. The van der Waals surface area contributed by atoms with Gasteiger partial charge >= 0.3 is 6.18 Å². The van der Waals surface area contributed by atoms with Crippen LogP contribution in [0.5, 0.6) is 0 Å². The van der Waals surface area contributed by atoms with E-state index >= 15 is 0 Å². The standard InChI is InChI=1S/C12H20F3NOSi/c1-5-6-9-7-10(8-18(2,3)4)17-16-11(9)12(13,14)15/h5,9-10H,1,6-8H2,2-4H3/t9-,10-/m0/s1. The Hall–Kier alpha value is -0.783. The molecule has 0 bridgehead atoms. The zero-order valence-corrected chi connectivity index (χ0v) is 12.0. The Bertz CT molecular complexity index is 333. The summed E-state index contributed by atoms with van der Waals surface area (Å²) in [7, 11) is -1.37. The van der Waals surface area contributed by atoms with Gasteiger partial charge in [-0.25, -0.2) is 0 Å². The van der Waals surface area contributed by atoms with Gasteiger partial charge in [-0.2, -0.15) is 13.2 Å². The number of alkyl halides is 3. The van der Waals surface area contributed by atoms with Gasteiger partial charge in [-0.15, -0.1) is 6.58 Å². The first-order valence-corrected chi connectivity index (χ1v) is 9.76. The molecule has 0 amide bonds. The molecule has 6 heteroatoms. The second kappa shape index (κ2) is 5.46. The van der Waals surface area contributed by atoms with Crippen LogP contribution in [0.3, 0.4) is 0 Å². The zero-order valence-electron chi connectivity index (χ0n) is 11.0. The molecule has 18 heavy (non-hydrogen) atoms. The van der Waals surface area contributed by atoms with E-state index in [2.05, 4.69) is 31.4 Å². The van der Waals surface area contributed by atoms with Gasteiger partial charge in [0.1, 0.15) is 6.10 Å². The lowest BCUT2D eigenvalue weighted by Crippen LogP contribution is -2.39. The lowest BCUT2D eigenvalue weighted by atomic mass is 9.92. The molecule has 1 heterocycles. The van der Waals surface area contributed by atoms with E-state index in [1.165, 1.54) is 6.08 Å². The van der Waals surface area contributed by atoms with Crippen molar-refractivity contribution in [1.82, 2.24) is 0 Å². The molecular weight excluding hydrogens is 259 g/mol. The highest BCUT2D eigenvalue weighted by molar-refractivity contribution is 6.76. The van der Waals surface area contributed by atoms with E-state index in [4.69, 9.17) is 4.84 Å². The van der Waals surface area contributed by atoms with Gasteiger partial charge in [0.15, 0.2) is 5.71 Å². The molecule has 0 unspecified atom stereocenters. The van der Waals surface area contributed by atoms with Crippen LogP contribution in [0.2, 0.25) is 25.7 Å². The van der Waals surface area contributed by atoms with Crippen LogP contribution in [0.4, 0.5) is 13.2 Å². The third-order valence-corrected chi connectivity index (χ3v) is 4.50. The average Bonchev–Trinajstić information content (AvgIpc) is 2.13. The summed E-state index contributed by atoms with van der Waals surface area (Å²) in [6, 6.07) is 0.829. The number of halogens is 3. The minimum absolute atomic E-state index is 0.187. The normalized spacial score (nSPS) is 25.3. The molecule has 0 fully saturated rings. The topological polar surface area (TPSA) is 21.6 Å². The van der Waals surface area contributed by atoms with E-state index in [9.17, 15) is 13.2 Å². The maximum absolute atomic E-state index is 12.7. The third kappa shape index (κ3) is 4.47. The average molecular weight is 279 g/mol. The van der Waals surface area contributed by atoms with Crippen LogP contribution >= 0.6 is 0 Å². The summed E-state index contributed by atoms with van der Waals surface area (Å²) < 4.78 is 38.2. The predicted molar refractivity (Wildman–Crippen MR) is 69.4 cm³/mol. The fourth-order valence-electron chi connectivity index (χ4n) is 2.17. The van der Waals surface area contributed by atoms with Crippen molar-refractivity contribution in [2.75, 3.05) is 0 Å². The van der Waals surface area contributed by atoms with Gasteiger partial charge < -0.3 is 4.84 Å². The largest absolute Gasteiger partial charge is 0.432 e. The fraction of sp³-hybridized carbons (Fsp3) is 0.750. The molecule has 0 saturated carbocycles. The lowest BCUT2D eigenvalue weighted by molar-refractivity contribution is -0.0753. The first-order valence-electron chi connectivity index (χ1n) is 6.05. The van der Waals surface area contributed by atoms with Gasteiger partial charge in [-0.1, -0.05) is 30.9 Å². The number of oxime groups is 1. The number of allylic oxidation sites excluding steroid dienone is 1. The maximum Gasteiger partial charge on any atom is 0.432 e. The second-order valence-corrected chi connectivity index (χ2v) is 11.5. The summed E-state index contributed by atoms with van der Waals surface area (Å²) in [6.07, 6.45) is -2.40. The van der Waals surface area contributed by atoms with E-state index in [1.54, 1.807) is 0 Å². The van der Waals surface area contributed by atoms with E-state index in [0.29, 0.717) is 12.8 Å². The quantitative estimate of drug-likeness (QED) is 0.557. The number of hydrogen-bond acceptors (Lipinski definition) is 2. The molecule has 0 aliphatic carbocycles. The van der Waals surface area contributed by atoms with Gasteiger partial charge in [0.05, 0.1) is 0 Å². The Kier molecular flexibility index (Phi) is 4.64. The summed E-state index contributed by atoms with van der Waals surface area (Å²) in [5, 5.41) is 3.33. The van der Waals surface area contributed by atoms with Crippen molar-refractivity contribution in [2.24, 2.45) is 11.1 Å². The molecule has 1 aliphatic heterocycles. The fourth-order valence-corrected chi connectivity index (χ4v) is 3.78. The van der Waals surface area contributed by atoms with Crippen molar-refractivity contribution in [3.05, 3.63) is 12.7 Å². The van der Waals surface area contributed by atoms with Crippen molar-refractivity contribution < 1.29 is 18.0 Å². The number of hydrogen-bond donors (Lipinski definition) is 0. The van der Waals surface area contributed by atoms with Crippen molar-refractivity contribution in [3.63, 3.8) is 0 Å². The smallest absolute Gasteiger partial charge is 0.393 e. The zero-order chi connectivity index (χ0) is 14.0. The Morgan fingerprint density at radius 2 is 2.06 bits per heavy atom. The summed E-state index contributed by atoms with van der Waals surface area (Å²) in [5.74, 6) is -0.613. The predicted octanol–water partition coefficient (Wildman–Crippen LogP) is 4.22. The molecule has 0 aromatic carbocycles. The van der Waals surface area contributed by atoms with Crippen LogP contribution in [-0.2, 0) is 4.84 Å². The second-order valence-electron chi connectivity index (χ2n) is 5.92. The first-order chi connectivity index (χ1) is 8.13. The maximum atomic E-state index is 12.7. The van der Waals surface area contributed by atoms with Gasteiger partial charge in [0.2, 0.25) is 0 Å². The molecular formula is C12H20F3NOSi. The summed E-state index contributed by atoms with van der Waals surface area (Å²) in [6.45, 7) is 10.0. The van der Waals surface area contributed by atoms with Crippen LogP contribution in [0.1, 0.15) is 12.8 Å². The minimum Gasteiger partial charge on any atom is -0.393 e. The summed E-state index contributed by atoms with van der Waals surface area (Å²) in [4.78, 5) is 5.04. The highest BCUT2D eigenvalue weighted by Crippen LogP contribution is 2.33. The molecule has 0 spiro atoms. The van der Waals surface area contributed by atoms with Gasteiger partial charge in [-0.3, -0.25) is 0 Å². The Morgan fingerprint density at radius 3 is 2.50 bits per heavy atom. The number of rotatable bonds is 4. The van der Waals surface area contributed by atoms with Gasteiger partial charge in [0, 0.05) is 14.0 Å². The van der Waals surface area contributed by atoms with Crippen molar-refractivity contribution in [2.45, 2.75) is 50.8 Å².